The molecule has 0 aliphatic carbocycles. The molecular formula is C14H22N4O. The number of rotatable bonds is 8. The van der Waals surface area contributed by atoms with Gasteiger partial charge in [0.1, 0.15) is 5.75 Å². The van der Waals surface area contributed by atoms with Crippen LogP contribution in [0, 0.1) is 0 Å². The summed E-state index contributed by atoms with van der Waals surface area (Å²) < 4.78 is 5.74. The summed E-state index contributed by atoms with van der Waals surface area (Å²) in [6, 6.07) is 7.67. The number of hydrogen-bond acceptors (Lipinski definition) is 3. The minimum Gasteiger partial charge on any atom is -0.493 e. The van der Waals surface area contributed by atoms with Crippen LogP contribution in [0.15, 0.2) is 34.5 Å². The van der Waals surface area contributed by atoms with Crippen LogP contribution in [0.3, 0.4) is 0 Å². The van der Waals surface area contributed by atoms with Gasteiger partial charge in [-0.05, 0) is 18.6 Å². The maximum Gasteiger partial charge on any atom is 0.211 e. The highest BCUT2D eigenvalue weighted by molar-refractivity contribution is 5.84. The maximum atomic E-state index is 5.74. The molecular weight excluding hydrogens is 240 g/mol. The van der Waals surface area contributed by atoms with Crippen molar-refractivity contribution in [3.8, 4) is 5.75 Å². The smallest absolute Gasteiger partial charge is 0.211 e. The minimum absolute atomic E-state index is 0.0609. The molecule has 0 spiro atoms. The van der Waals surface area contributed by atoms with Crippen molar-refractivity contribution in [1.82, 2.24) is 0 Å². The molecule has 1 rings (SSSR count). The van der Waals surface area contributed by atoms with Gasteiger partial charge in [-0.25, -0.2) is 0 Å². The standard InChI is InChI=1S/C14H22N4O/c1-2-3-4-7-10-19-13-9-6-5-8-12(13)11-17-18-14(15)16/h5-6,8-9,11H,2-4,7,10H2,1H3,(H4,15,16,18)/b17-11-. The number of nitrogens with two attached hydrogens (primary N) is 2. The zero-order chi connectivity index (χ0) is 13.9. The van der Waals surface area contributed by atoms with Crippen LogP contribution in [0.5, 0.6) is 5.75 Å². The summed E-state index contributed by atoms with van der Waals surface area (Å²) in [4.78, 5) is 0. The van der Waals surface area contributed by atoms with Gasteiger partial charge in [0.05, 0.1) is 12.8 Å². The molecule has 0 unspecified atom stereocenters. The number of ether oxygens (including phenoxy) is 1. The van der Waals surface area contributed by atoms with Crippen LogP contribution in [0.1, 0.15) is 38.2 Å². The van der Waals surface area contributed by atoms with Crippen molar-refractivity contribution in [2.24, 2.45) is 21.7 Å². The molecule has 104 valence electrons. The first-order valence-corrected chi connectivity index (χ1v) is 6.58. The molecule has 19 heavy (non-hydrogen) atoms. The van der Waals surface area contributed by atoms with Crippen LogP contribution in [0.25, 0.3) is 0 Å². The van der Waals surface area contributed by atoms with Crippen molar-refractivity contribution in [2.75, 3.05) is 6.61 Å². The molecule has 5 heteroatoms. The first-order valence-electron chi connectivity index (χ1n) is 6.58. The Bertz CT molecular complexity index is 425. The summed E-state index contributed by atoms with van der Waals surface area (Å²) >= 11 is 0. The topological polar surface area (TPSA) is 86.0 Å². The van der Waals surface area contributed by atoms with Crippen LogP contribution in [0.4, 0.5) is 0 Å². The Balaban J connectivity index is 2.53. The van der Waals surface area contributed by atoms with Gasteiger partial charge in [0.15, 0.2) is 0 Å². The van der Waals surface area contributed by atoms with E-state index < -0.39 is 0 Å². The molecule has 0 aliphatic rings. The molecule has 5 nitrogen and oxygen atoms in total. The third-order valence-electron chi connectivity index (χ3n) is 2.54. The molecule has 0 amide bonds. The Morgan fingerprint density at radius 2 is 2.00 bits per heavy atom. The third-order valence-corrected chi connectivity index (χ3v) is 2.54. The lowest BCUT2D eigenvalue weighted by Gasteiger charge is -2.08. The first kappa shape index (κ1) is 15.0. The van der Waals surface area contributed by atoms with Crippen molar-refractivity contribution >= 4 is 12.2 Å². The molecule has 0 radical (unpaired) electrons. The monoisotopic (exact) mass is 262 g/mol. The second kappa shape index (κ2) is 8.97. The summed E-state index contributed by atoms with van der Waals surface area (Å²) in [7, 11) is 0. The van der Waals surface area contributed by atoms with Gasteiger partial charge in [-0.3, -0.25) is 0 Å². The number of guanidine groups is 1. The van der Waals surface area contributed by atoms with Gasteiger partial charge in [0, 0.05) is 5.56 Å². The highest BCUT2D eigenvalue weighted by Gasteiger charge is 2.00. The summed E-state index contributed by atoms with van der Waals surface area (Å²) in [6.07, 6.45) is 6.31. The SMILES string of the molecule is CCCCCCOc1ccccc1/C=N\N=C(N)N. The number of nitrogens with zero attached hydrogens (tertiary/aromatic N) is 2. The van der Waals surface area contributed by atoms with E-state index in [4.69, 9.17) is 16.2 Å². The Morgan fingerprint density at radius 3 is 2.74 bits per heavy atom. The van der Waals surface area contributed by atoms with E-state index in [-0.39, 0.29) is 5.96 Å². The predicted octanol–water partition coefficient (Wildman–Crippen LogP) is 2.25. The first-order chi connectivity index (χ1) is 9.24. The Kier molecular flexibility index (Phi) is 7.09. The van der Waals surface area contributed by atoms with Gasteiger partial charge in [-0.2, -0.15) is 5.10 Å². The summed E-state index contributed by atoms with van der Waals surface area (Å²) in [5.41, 5.74) is 11.3. The Hall–Kier alpha value is -2.04. The molecule has 0 aromatic heterocycles. The molecule has 0 fully saturated rings. The van der Waals surface area contributed by atoms with Crippen molar-refractivity contribution < 1.29 is 4.74 Å². The fourth-order valence-corrected chi connectivity index (χ4v) is 1.59. The molecule has 0 heterocycles. The molecule has 1 aromatic carbocycles. The van der Waals surface area contributed by atoms with E-state index in [9.17, 15) is 0 Å². The molecule has 0 saturated carbocycles. The van der Waals surface area contributed by atoms with E-state index in [1.54, 1.807) is 6.21 Å². The largest absolute Gasteiger partial charge is 0.493 e. The van der Waals surface area contributed by atoms with Crippen LogP contribution in [-0.4, -0.2) is 18.8 Å². The number of benzene rings is 1. The third kappa shape index (κ3) is 6.45. The lowest BCUT2D eigenvalue weighted by Crippen LogP contribution is -2.21. The van der Waals surface area contributed by atoms with Gasteiger partial charge in [-0.1, -0.05) is 38.3 Å². The lowest BCUT2D eigenvalue weighted by atomic mass is 10.2. The van der Waals surface area contributed by atoms with E-state index in [1.807, 2.05) is 24.3 Å². The summed E-state index contributed by atoms with van der Waals surface area (Å²) in [6.45, 7) is 2.91. The van der Waals surface area contributed by atoms with Crippen molar-refractivity contribution in [2.45, 2.75) is 32.6 Å². The second-order valence-electron chi connectivity index (χ2n) is 4.22. The van der Waals surface area contributed by atoms with Gasteiger partial charge >= 0.3 is 0 Å². The van der Waals surface area contributed by atoms with E-state index in [0.29, 0.717) is 6.61 Å². The maximum absolute atomic E-state index is 5.74. The van der Waals surface area contributed by atoms with E-state index >= 15 is 0 Å². The summed E-state index contributed by atoms with van der Waals surface area (Å²) in [5.74, 6) is 0.739. The predicted molar refractivity (Wildman–Crippen MR) is 79.5 cm³/mol. The van der Waals surface area contributed by atoms with Crippen LogP contribution < -0.4 is 16.2 Å². The molecule has 0 bridgehead atoms. The highest BCUT2D eigenvalue weighted by atomic mass is 16.5. The normalized spacial score (nSPS) is 10.6. The van der Waals surface area contributed by atoms with Gasteiger partial charge < -0.3 is 16.2 Å². The number of unbranched alkanes of at least 4 members (excludes halogenated alkanes) is 3. The highest BCUT2D eigenvalue weighted by Crippen LogP contribution is 2.16. The lowest BCUT2D eigenvalue weighted by molar-refractivity contribution is 0.304. The Morgan fingerprint density at radius 1 is 1.21 bits per heavy atom. The number of hydrogen-bond donors (Lipinski definition) is 2. The minimum atomic E-state index is -0.0609. The van der Waals surface area contributed by atoms with E-state index in [1.165, 1.54) is 19.3 Å². The zero-order valence-electron chi connectivity index (χ0n) is 11.4. The van der Waals surface area contributed by atoms with Crippen molar-refractivity contribution in [1.29, 1.82) is 0 Å². The average Bonchev–Trinajstić information content (AvgIpc) is 2.40. The summed E-state index contributed by atoms with van der Waals surface area (Å²) in [5, 5.41) is 7.36. The average molecular weight is 262 g/mol. The van der Waals surface area contributed by atoms with Crippen LogP contribution in [-0.2, 0) is 0 Å². The van der Waals surface area contributed by atoms with Crippen LogP contribution in [0.2, 0.25) is 0 Å². The Labute approximate surface area is 114 Å². The molecule has 1 aromatic rings. The van der Waals surface area contributed by atoms with Crippen LogP contribution >= 0.6 is 0 Å². The number of para-hydroxylation sites is 1. The second-order valence-corrected chi connectivity index (χ2v) is 4.22. The van der Waals surface area contributed by atoms with Gasteiger partial charge in [-0.15, -0.1) is 5.10 Å². The van der Waals surface area contributed by atoms with Gasteiger partial charge in [0.25, 0.3) is 0 Å². The van der Waals surface area contributed by atoms with Crippen molar-refractivity contribution in [3.63, 3.8) is 0 Å². The van der Waals surface area contributed by atoms with Gasteiger partial charge in [0.2, 0.25) is 5.96 Å². The fraction of sp³-hybridized carbons (Fsp3) is 0.429. The molecule has 0 atom stereocenters. The molecule has 4 N–H and O–H groups in total. The fourth-order valence-electron chi connectivity index (χ4n) is 1.59. The zero-order valence-corrected chi connectivity index (χ0v) is 11.4. The molecule has 0 saturated heterocycles. The van der Waals surface area contributed by atoms with E-state index in [0.717, 1.165) is 17.7 Å². The van der Waals surface area contributed by atoms with E-state index in [2.05, 4.69) is 17.1 Å². The quantitative estimate of drug-likeness (QED) is 0.326. The van der Waals surface area contributed by atoms with Crippen molar-refractivity contribution in [3.05, 3.63) is 29.8 Å². The molecule has 0 aliphatic heterocycles.